The highest BCUT2D eigenvalue weighted by atomic mass is 32.2. The second-order valence-electron chi connectivity index (χ2n) is 6.70. The highest BCUT2D eigenvalue weighted by Crippen LogP contribution is 2.23. The smallest absolute Gasteiger partial charge is 0.234 e. The van der Waals surface area contributed by atoms with Crippen molar-refractivity contribution < 1.29 is 14.3 Å². The van der Waals surface area contributed by atoms with Crippen LogP contribution >= 0.6 is 11.8 Å². The van der Waals surface area contributed by atoms with E-state index in [0.29, 0.717) is 18.3 Å². The predicted octanol–water partition coefficient (Wildman–Crippen LogP) is 4.23. The Bertz CT molecular complexity index is 1000. The first-order chi connectivity index (χ1) is 14.5. The lowest BCUT2D eigenvalue weighted by Crippen LogP contribution is -2.15. The van der Waals surface area contributed by atoms with Crippen molar-refractivity contribution in [2.75, 3.05) is 18.2 Å². The molecule has 3 rings (SSSR count). The molecule has 0 spiro atoms. The molecule has 30 heavy (non-hydrogen) atoms. The van der Waals surface area contributed by atoms with Crippen molar-refractivity contribution in [1.82, 2.24) is 14.8 Å². The molecule has 8 heteroatoms. The van der Waals surface area contributed by atoms with Crippen molar-refractivity contribution in [2.24, 2.45) is 0 Å². The molecule has 1 aromatic heterocycles. The first kappa shape index (κ1) is 21.7. The number of aryl methyl sites for hydroxylation is 1. The van der Waals surface area contributed by atoms with Crippen LogP contribution in [0.1, 0.15) is 23.9 Å². The lowest BCUT2D eigenvalue weighted by atomic mass is 10.1. The van der Waals surface area contributed by atoms with E-state index in [4.69, 9.17) is 9.47 Å². The quantitative estimate of drug-likeness (QED) is 0.516. The summed E-state index contributed by atoms with van der Waals surface area (Å²) in [4.78, 5) is 12.3. The third-order valence-electron chi connectivity index (χ3n) is 4.73. The second-order valence-corrected chi connectivity index (χ2v) is 7.64. The highest BCUT2D eigenvalue weighted by Gasteiger charge is 2.14. The Morgan fingerprint density at radius 3 is 2.60 bits per heavy atom. The van der Waals surface area contributed by atoms with Crippen molar-refractivity contribution in [1.29, 1.82) is 0 Å². The Hall–Kier alpha value is -3.00. The zero-order valence-electron chi connectivity index (χ0n) is 17.6. The molecule has 0 bridgehead atoms. The van der Waals surface area contributed by atoms with Gasteiger partial charge in [-0.2, -0.15) is 0 Å². The number of amides is 1. The van der Waals surface area contributed by atoms with E-state index in [1.54, 1.807) is 31.4 Å². The number of ether oxygens (including phenoxy) is 2. The Labute approximate surface area is 180 Å². The molecule has 0 saturated heterocycles. The van der Waals surface area contributed by atoms with Crippen LogP contribution in [0.5, 0.6) is 11.5 Å². The normalized spacial score (nSPS) is 10.7. The number of rotatable bonds is 9. The fourth-order valence-electron chi connectivity index (χ4n) is 2.87. The first-order valence-electron chi connectivity index (χ1n) is 9.69. The van der Waals surface area contributed by atoms with Gasteiger partial charge in [-0.05, 0) is 62.2 Å². The zero-order chi connectivity index (χ0) is 21.5. The maximum absolute atomic E-state index is 12.3. The minimum atomic E-state index is -0.107. The summed E-state index contributed by atoms with van der Waals surface area (Å²) in [5.41, 5.74) is 3.02. The van der Waals surface area contributed by atoms with Gasteiger partial charge >= 0.3 is 0 Å². The Morgan fingerprint density at radius 2 is 1.90 bits per heavy atom. The minimum Gasteiger partial charge on any atom is -0.497 e. The van der Waals surface area contributed by atoms with Crippen LogP contribution in [0.2, 0.25) is 0 Å². The molecule has 0 aliphatic carbocycles. The van der Waals surface area contributed by atoms with Crippen molar-refractivity contribution in [2.45, 2.75) is 39.1 Å². The van der Waals surface area contributed by atoms with E-state index < -0.39 is 0 Å². The Balaban J connectivity index is 1.58. The van der Waals surface area contributed by atoms with Crippen LogP contribution < -0.4 is 14.8 Å². The minimum absolute atomic E-state index is 0.107. The lowest BCUT2D eigenvalue weighted by Gasteiger charge is -2.11. The maximum Gasteiger partial charge on any atom is 0.234 e. The van der Waals surface area contributed by atoms with Crippen molar-refractivity contribution >= 4 is 23.4 Å². The van der Waals surface area contributed by atoms with Gasteiger partial charge in [-0.3, -0.25) is 4.79 Å². The molecule has 1 heterocycles. The van der Waals surface area contributed by atoms with E-state index in [9.17, 15) is 4.79 Å². The van der Waals surface area contributed by atoms with Gasteiger partial charge in [0.05, 0.1) is 12.9 Å². The number of hydrogen-bond donors (Lipinski definition) is 1. The molecule has 2 aromatic carbocycles. The number of carbonyl (C=O) groups is 1. The SMILES string of the molecule is CCn1c(COc2cccc(C)c2C)nnc1SCC(=O)Nc1ccc(OC)cc1. The molecular formula is C22H26N4O3S. The molecule has 1 amide bonds. The average molecular weight is 427 g/mol. The Morgan fingerprint density at radius 1 is 1.13 bits per heavy atom. The largest absolute Gasteiger partial charge is 0.497 e. The summed E-state index contributed by atoms with van der Waals surface area (Å²) in [6.07, 6.45) is 0. The van der Waals surface area contributed by atoms with Gasteiger partial charge in [0, 0.05) is 12.2 Å². The zero-order valence-corrected chi connectivity index (χ0v) is 18.5. The summed E-state index contributed by atoms with van der Waals surface area (Å²) in [5.74, 6) is 2.45. The van der Waals surface area contributed by atoms with E-state index in [-0.39, 0.29) is 11.7 Å². The number of carbonyl (C=O) groups excluding carboxylic acids is 1. The molecule has 0 atom stereocenters. The molecule has 0 saturated carbocycles. The van der Waals surface area contributed by atoms with E-state index in [0.717, 1.165) is 28.6 Å². The lowest BCUT2D eigenvalue weighted by molar-refractivity contribution is -0.113. The van der Waals surface area contributed by atoms with Gasteiger partial charge in [-0.25, -0.2) is 0 Å². The van der Waals surface area contributed by atoms with Gasteiger partial charge in [0.2, 0.25) is 5.91 Å². The van der Waals surface area contributed by atoms with Gasteiger partial charge in [0.15, 0.2) is 11.0 Å². The molecule has 0 unspecified atom stereocenters. The average Bonchev–Trinajstić information content (AvgIpc) is 3.15. The molecule has 0 fully saturated rings. The van der Waals surface area contributed by atoms with E-state index in [1.165, 1.54) is 17.3 Å². The standard InChI is InChI=1S/C22H26N4O3S/c1-5-26-20(13-29-19-8-6-7-15(2)16(19)3)24-25-22(26)30-14-21(27)23-17-9-11-18(28-4)12-10-17/h6-12H,5,13-14H2,1-4H3,(H,23,27). The number of aromatic nitrogens is 3. The van der Waals surface area contributed by atoms with Crippen LogP contribution in [0.4, 0.5) is 5.69 Å². The van der Waals surface area contributed by atoms with Gasteiger partial charge in [-0.15, -0.1) is 10.2 Å². The van der Waals surface area contributed by atoms with Gasteiger partial charge in [0.25, 0.3) is 0 Å². The number of anilines is 1. The molecule has 7 nitrogen and oxygen atoms in total. The van der Waals surface area contributed by atoms with E-state index >= 15 is 0 Å². The maximum atomic E-state index is 12.3. The van der Waals surface area contributed by atoms with Crippen LogP contribution in [0.25, 0.3) is 0 Å². The topological polar surface area (TPSA) is 78.3 Å². The monoisotopic (exact) mass is 426 g/mol. The van der Waals surface area contributed by atoms with E-state index in [2.05, 4.69) is 28.5 Å². The molecular weight excluding hydrogens is 400 g/mol. The molecule has 1 N–H and O–H groups in total. The number of benzene rings is 2. The van der Waals surface area contributed by atoms with Gasteiger partial charge < -0.3 is 19.4 Å². The Kier molecular flexibility index (Phi) is 7.35. The molecule has 158 valence electrons. The fraction of sp³-hybridized carbons (Fsp3) is 0.318. The number of thioether (sulfide) groups is 1. The third-order valence-corrected chi connectivity index (χ3v) is 5.69. The van der Waals surface area contributed by atoms with Crippen LogP contribution in [-0.2, 0) is 17.9 Å². The molecule has 3 aromatic rings. The third kappa shape index (κ3) is 5.33. The van der Waals surface area contributed by atoms with Crippen LogP contribution in [0, 0.1) is 13.8 Å². The summed E-state index contributed by atoms with van der Waals surface area (Å²) in [6, 6.07) is 13.2. The number of nitrogens with one attached hydrogen (secondary N) is 1. The van der Waals surface area contributed by atoms with Gasteiger partial charge in [0.1, 0.15) is 18.1 Å². The second kappa shape index (κ2) is 10.2. The number of methoxy groups -OCH3 is 1. The molecule has 0 aliphatic rings. The first-order valence-corrected chi connectivity index (χ1v) is 10.7. The fourth-order valence-corrected chi connectivity index (χ4v) is 3.70. The van der Waals surface area contributed by atoms with Crippen molar-refractivity contribution in [3.63, 3.8) is 0 Å². The van der Waals surface area contributed by atoms with Crippen LogP contribution in [0.15, 0.2) is 47.6 Å². The van der Waals surface area contributed by atoms with Crippen molar-refractivity contribution in [3.8, 4) is 11.5 Å². The van der Waals surface area contributed by atoms with Crippen LogP contribution in [-0.4, -0.2) is 33.5 Å². The molecule has 0 radical (unpaired) electrons. The van der Waals surface area contributed by atoms with Crippen LogP contribution in [0.3, 0.4) is 0 Å². The summed E-state index contributed by atoms with van der Waals surface area (Å²) in [7, 11) is 1.61. The number of nitrogens with zero attached hydrogens (tertiary/aromatic N) is 3. The summed E-state index contributed by atoms with van der Waals surface area (Å²) < 4.78 is 13.1. The predicted molar refractivity (Wildman–Crippen MR) is 118 cm³/mol. The summed E-state index contributed by atoms with van der Waals surface area (Å²) >= 11 is 1.35. The summed E-state index contributed by atoms with van der Waals surface area (Å²) in [6.45, 7) is 7.14. The number of hydrogen-bond acceptors (Lipinski definition) is 6. The van der Waals surface area contributed by atoms with E-state index in [1.807, 2.05) is 30.5 Å². The summed E-state index contributed by atoms with van der Waals surface area (Å²) in [5, 5.41) is 12.1. The van der Waals surface area contributed by atoms with Gasteiger partial charge in [-0.1, -0.05) is 23.9 Å². The highest BCUT2D eigenvalue weighted by molar-refractivity contribution is 7.99. The molecule has 0 aliphatic heterocycles. The van der Waals surface area contributed by atoms with Crippen molar-refractivity contribution in [3.05, 3.63) is 59.4 Å².